The van der Waals surface area contributed by atoms with Gasteiger partial charge in [-0.2, -0.15) is 0 Å². The molecule has 7 nitrogen and oxygen atoms in total. The fourth-order valence-electron chi connectivity index (χ4n) is 1.58. The van der Waals surface area contributed by atoms with Crippen molar-refractivity contribution in [2.24, 2.45) is 0 Å². The molecule has 0 bridgehead atoms. The number of amides is 1. The summed E-state index contributed by atoms with van der Waals surface area (Å²) < 4.78 is 5.01. The van der Waals surface area contributed by atoms with E-state index in [4.69, 9.17) is 4.74 Å². The van der Waals surface area contributed by atoms with Crippen molar-refractivity contribution in [3.63, 3.8) is 0 Å². The van der Waals surface area contributed by atoms with E-state index in [9.17, 15) is 14.9 Å². The highest BCUT2D eigenvalue weighted by molar-refractivity contribution is 5.82. The second kappa shape index (κ2) is 6.23. The molecule has 20 heavy (non-hydrogen) atoms. The summed E-state index contributed by atoms with van der Waals surface area (Å²) in [5, 5.41) is 16.4. The molecule has 1 amide bonds. The van der Waals surface area contributed by atoms with E-state index in [1.165, 1.54) is 25.3 Å². The molecule has 0 unspecified atom stereocenters. The number of nitrogens with zero attached hydrogens (tertiary/aromatic N) is 1. The Labute approximate surface area is 117 Å². The van der Waals surface area contributed by atoms with Gasteiger partial charge in [0.05, 0.1) is 18.6 Å². The summed E-state index contributed by atoms with van der Waals surface area (Å²) in [4.78, 5) is 22.1. The van der Waals surface area contributed by atoms with E-state index in [-0.39, 0.29) is 29.4 Å². The highest BCUT2D eigenvalue weighted by Gasteiger charge is 2.17. The van der Waals surface area contributed by atoms with E-state index in [1.807, 2.05) is 20.8 Å². The first-order chi connectivity index (χ1) is 9.23. The predicted molar refractivity (Wildman–Crippen MR) is 76.0 cm³/mol. The van der Waals surface area contributed by atoms with Crippen molar-refractivity contribution in [3.05, 3.63) is 28.3 Å². The van der Waals surface area contributed by atoms with Gasteiger partial charge in [0.15, 0.2) is 0 Å². The molecule has 0 heterocycles. The highest BCUT2D eigenvalue weighted by atomic mass is 16.6. The predicted octanol–water partition coefficient (Wildman–Crippen LogP) is 1.93. The zero-order chi connectivity index (χ0) is 15.3. The third kappa shape index (κ3) is 4.75. The van der Waals surface area contributed by atoms with Crippen LogP contribution in [-0.4, -0.2) is 30.0 Å². The summed E-state index contributed by atoms with van der Waals surface area (Å²) in [5.74, 6) is 0.240. The number of benzene rings is 1. The normalized spacial score (nSPS) is 10.8. The van der Waals surface area contributed by atoms with Gasteiger partial charge in [0, 0.05) is 17.7 Å². The van der Waals surface area contributed by atoms with Crippen LogP contribution in [0.2, 0.25) is 0 Å². The minimum atomic E-state index is -0.510. The molecule has 1 rings (SSSR count). The van der Waals surface area contributed by atoms with E-state index in [1.54, 1.807) is 0 Å². The Bertz CT molecular complexity index is 509. The molecule has 0 saturated carbocycles. The number of anilines is 1. The third-order valence-electron chi connectivity index (χ3n) is 2.35. The number of ether oxygens (including phenoxy) is 1. The first kappa shape index (κ1) is 15.7. The zero-order valence-electron chi connectivity index (χ0n) is 12.0. The largest absolute Gasteiger partial charge is 0.497 e. The van der Waals surface area contributed by atoms with Crippen LogP contribution in [0, 0.1) is 10.1 Å². The number of nitrogens with one attached hydrogen (secondary N) is 2. The summed E-state index contributed by atoms with van der Waals surface area (Å²) in [6, 6.07) is 4.32. The van der Waals surface area contributed by atoms with Crippen molar-refractivity contribution in [1.82, 2.24) is 5.32 Å². The van der Waals surface area contributed by atoms with Crippen molar-refractivity contribution in [1.29, 1.82) is 0 Å². The van der Waals surface area contributed by atoms with Gasteiger partial charge in [-0.1, -0.05) is 0 Å². The number of nitro benzene ring substituents is 1. The zero-order valence-corrected chi connectivity index (χ0v) is 12.0. The molecule has 0 spiro atoms. The second-order valence-corrected chi connectivity index (χ2v) is 5.29. The summed E-state index contributed by atoms with van der Waals surface area (Å²) >= 11 is 0. The Morgan fingerprint density at radius 3 is 2.55 bits per heavy atom. The lowest BCUT2D eigenvalue weighted by Gasteiger charge is -2.20. The van der Waals surface area contributed by atoms with Crippen molar-refractivity contribution in [3.8, 4) is 5.75 Å². The molecular weight excluding hydrogens is 262 g/mol. The molecule has 1 aromatic rings. The number of hydrogen-bond acceptors (Lipinski definition) is 5. The first-order valence-electron chi connectivity index (χ1n) is 6.10. The van der Waals surface area contributed by atoms with E-state index in [0.717, 1.165) is 0 Å². The molecule has 0 atom stereocenters. The van der Waals surface area contributed by atoms with Gasteiger partial charge < -0.3 is 15.4 Å². The number of methoxy groups -OCH3 is 1. The molecule has 0 aliphatic heterocycles. The molecule has 0 aliphatic rings. The van der Waals surface area contributed by atoms with Crippen molar-refractivity contribution in [2.45, 2.75) is 26.3 Å². The van der Waals surface area contributed by atoms with E-state index in [2.05, 4.69) is 10.6 Å². The quantitative estimate of drug-likeness (QED) is 0.635. The topological polar surface area (TPSA) is 93.5 Å². The lowest BCUT2D eigenvalue weighted by atomic mass is 10.1. The Morgan fingerprint density at radius 1 is 1.40 bits per heavy atom. The molecule has 0 radical (unpaired) electrons. The van der Waals surface area contributed by atoms with Crippen molar-refractivity contribution < 1.29 is 14.5 Å². The van der Waals surface area contributed by atoms with Crippen LogP contribution in [0.3, 0.4) is 0 Å². The summed E-state index contributed by atoms with van der Waals surface area (Å²) in [6.07, 6.45) is 0. The number of rotatable bonds is 5. The minimum Gasteiger partial charge on any atom is -0.497 e. The van der Waals surface area contributed by atoms with Gasteiger partial charge in [-0.25, -0.2) is 0 Å². The highest BCUT2D eigenvalue weighted by Crippen LogP contribution is 2.28. The van der Waals surface area contributed by atoms with Crippen LogP contribution < -0.4 is 15.4 Å². The monoisotopic (exact) mass is 281 g/mol. The van der Waals surface area contributed by atoms with Crippen LogP contribution in [-0.2, 0) is 4.79 Å². The van der Waals surface area contributed by atoms with E-state index >= 15 is 0 Å². The molecule has 7 heteroatoms. The molecule has 1 aromatic carbocycles. The van der Waals surface area contributed by atoms with Gasteiger partial charge in [-0.3, -0.25) is 14.9 Å². The molecule has 0 aromatic heterocycles. The van der Waals surface area contributed by atoms with Gasteiger partial charge in [-0.15, -0.1) is 0 Å². The maximum Gasteiger partial charge on any atom is 0.292 e. The molecule has 0 fully saturated rings. The van der Waals surface area contributed by atoms with Crippen LogP contribution in [0.25, 0.3) is 0 Å². The van der Waals surface area contributed by atoms with Gasteiger partial charge in [-0.05, 0) is 26.8 Å². The average Bonchev–Trinajstić information content (AvgIpc) is 2.33. The molecule has 2 N–H and O–H groups in total. The van der Waals surface area contributed by atoms with Crippen LogP contribution in [0.15, 0.2) is 18.2 Å². The van der Waals surface area contributed by atoms with Crippen LogP contribution in [0.5, 0.6) is 5.75 Å². The lowest BCUT2D eigenvalue weighted by molar-refractivity contribution is -0.384. The third-order valence-corrected chi connectivity index (χ3v) is 2.35. The molecule has 0 saturated heterocycles. The summed E-state index contributed by atoms with van der Waals surface area (Å²) in [7, 11) is 1.47. The molecule has 110 valence electrons. The second-order valence-electron chi connectivity index (χ2n) is 5.29. The maximum atomic E-state index is 11.7. The Kier molecular flexibility index (Phi) is 4.90. The number of carbonyl (C=O) groups is 1. The van der Waals surface area contributed by atoms with Crippen molar-refractivity contribution >= 4 is 17.3 Å². The Morgan fingerprint density at radius 2 is 2.05 bits per heavy atom. The fourth-order valence-corrected chi connectivity index (χ4v) is 1.58. The number of nitro groups is 1. The Balaban J connectivity index is 2.80. The maximum absolute atomic E-state index is 11.7. The summed E-state index contributed by atoms with van der Waals surface area (Å²) in [6.45, 7) is 5.53. The smallest absolute Gasteiger partial charge is 0.292 e. The minimum absolute atomic E-state index is 0.0503. The molecule has 0 aliphatic carbocycles. The lowest BCUT2D eigenvalue weighted by Crippen LogP contribution is -2.43. The van der Waals surface area contributed by atoms with Gasteiger partial charge in [0.25, 0.3) is 5.69 Å². The van der Waals surface area contributed by atoms with E-state index < -0.39 is 4.92 Å². The standard InChI is InChI=1S/C13H19N3O4/c1-13(2,3)15-12(17)8-14-10-7-9(20-4)5-6-11(10)16(18)19/h5-7,14H,8H2,1-4H3,(H,15,17). The molecular formula is C13H19N3O4. The van der Waals surface area contributed by atoms with Crippen LogP contribution in [0.1, 0.15) is 20.8 Å². The van der Waals surface area contributed by atoms with Gasteiger partial charge in [0.1, 0.15) is 11.4 Å². The first-order valence-corrected chi connectivity index (χ1v) is 6.10. The van der Waals surface area contributed by atoms with Crippen LogP contribution in [0.4, 0.5) is 11.4 Å². The van der Waals surface area contributed by atoms with E-state index in [0.29, 0.717) is 5.75 Å². The van der Waals surface area contributed by atoms with Crippen molar-refractivity contribution in [2.75, 3.05) is 19.0 Å². The van der Waals surface area contributed by atoms with Gasteiger partial charge >= 0.3 is 0 Å². The number of hydrogen-bond donors (Lipinski definition) is 2. The van der Waals surface area contributed by atoms with Gasteiger partial charge in [0.2, 0.25) is 5.91 Å². The SMILES string of the molecule is COc1ccc([N+](=O)[O-])c(NCC(=O)NC(C)(C)C)c1. The fraction of sp³-hybridized carbons (Fsp3) is 0.462. The van der Waals surface area contributed by atoms with Crippen LogP contribution >= 0.6 is 0 Å². The average molecular weight is 281 g/mol. The number of carbonyl (C=O) groups excluding carboxylic acids is 1. The Hall–Kier alpha value is -2.31. The summed E-state index contributed by atoms with van der Waals surface area (Å²) in [5.41, 5.74) is -0.202.